The number of carbonyl (C=O) groups excluding carboxylic acids is 2. The summed E-state index contributed by atoms with van der Waals surface area (Å²) < 4.78 is 5.15. The third-order valence-corrected chi connectivity index (χ3v) is 3.83. The molecule has 7 heteroatoms. The fourth-order valence-corrected chi connectivity index (χ4v) is 2.49. The number of rotatable bonds is 9. The van der Waals surface area contributed by atoms with Gasteiger partial charge in [-0.3, -0.25) is 4.79 Å². The predicted molar refractivity (Wildman–Crippen MR) is 91.3 cm³/mol. The Morgan fingerprint density at radius 1 is 1.35 bits per heavy atom. The molecule has 0 saturated heterocycles. The maximum absolute atomic E-state index is 12.3. The number of nitrogens with zero attached hydrogens (tertiary/aromatic N) is 1. The van der Waals surface area contributed by atoms with Gasteiger partial charge in [0.25, 0.3) is 0 Å². The van der Waals surface area contributed by atoms with Crippen LogP contribution in [0.4, 0.5) is 4.79 Å². The maximum atomic E-state index is 12.3. The van der Waals surface area contributed by atoms with Crippen molar-refractivity contribution in [3.05, 3.63) is 35.9 Å². The standard InChI is InChI=1S/C16H24N2O4S/c1-18(9-6-10-19)15(20)14(12-23-2)17-16(21)22-11-13-7-4-3-5-8-13/h3-5,7-8,14,19H,6,9-12H2,1-2H3,(H,17,21). The van der Waals surface area contributed by atoms with Gasteiger partial charge in [-0.1, -0.05) is 30.3 Å². The second-order valence-electron chi connectivity index (χ2n) is 5.05. The van der Waals surface area contributed by atoms with E-state index in [2.05, 4.69) is 5.32 Å². The molecule has 128 valence electrons. The minimum absolute atomic E-state index is 0.0252. The fourth-order valence-electron chi connectivity index (χ4n) is 1.93. The van der Waals surface area contributed by atoms with Gasteiger partial charge in [0.15, 0.2) is 0 Å². The molecule has 0 saturated carbocycles. The molecule has 0 bridgehead atoms. The summed E-state index contributed by atoms with van der Waals surface area (Å²) in [6, 6.07) is 8.70. The van der Waals surface area contributed by atoms with E-state index >= 15 is 0 Å². The number of ether oxygens (including phenoxy) is 1. The minimum Gasteiger partial charge on any atom is -0.445 e. The van der Waals surface area contributed by atoms with E-state index in [-0.39, 0.29) is 19.1 Å². The smallest absolute Gasteiger partial charge is 0.408 e. The monoisotopic (exact) mass is 340 g/mol. The van der Waals surface area contributed by atoms with E-state index < -0.39 is 12.1 Å². The van der Waals surface area contributed by atoms with Crippen LogP contribution in [0.25, 0.3) is 0 Å². The first-order valence-corrected chi connectivity index (χ1v) is 8.79. The van der Waals surface area contributed by atoms with Crippen molar-refractivity contribution < 1.29 is 19.4 Å². The van der Waals surface area contributed by atoms with E-state index in [1.807, 2.05) is 36.6 Å². The first-order valence-electron chi connectivity index (χ1n) is 7.40. The number of benzene rings is 1. The average Bonchev–Trinajstić information content (AvgIpc) is 2.57. The highest BCUT2D eigenvalue weighted by Gasteiger charge is 2.23. The van der Waals surface area contributed by atoms with Gasteiger partial charge in [-0.05, 0) is 18.2 Å². The first-order chi connectivity index (χ1) is 11.1. The lowest BCUT2D eigenvalue weighted by molar-refractivity contribution is -0.131. The van der Waals surface area contributed by atoms with Crippen molar-refractivity contribution in [2.24, 2.45) is 0 Å². The maximum Gasteiger partial charge on any atom is 0.408 e. The lowest BCUT2D eigenvalue weighted by Crippen LogP contribution is -2.49. The summed E-state index contributed by atoms with van der Waals surface area (Å²) >= 11 is 1.47. The van der Waals surface area contributed by atoms with Gasteiger partial charge in [-0.15, -0.1) is 0 Å². The van der Waals surface area contributed by atoms with Crippen LogP contribution in [0.5, 0.6) is 0 Å². The molecule has 0 heterocycles. The minimum atomic E-state index is -0.642. The van der Waals surface area contributed by atoms with E-state index in [1.165, 1.54) is 16.7 Å². The summed E-state index contributed by atoms with van der Waals surface area (Å²) in [5, 5.41) is 11.4. The van der Waals surface area contributed by atoms with Crippen LogP contribution in [0.1, 0.15) is 12.0 Å². The SMILES string of the molecule is CSCC(NC(=O)OCc1ccccc1)C(=O)N(C)CCCO. The molecule has 0 aromatic heterocycles. The van der Waals surface area contributed by atoms with E-state index in [4.69, 9.17) is 9.84 Å². The Hall–Kier alpha value is -1.73. The Bertz CT molecular complexity index is 484. The fraction of sp³-hybridized carbons (Fsp3) is 0.500. The Morgan fingerprint density at radius 3 is 2.65 bits per heavy atom. The second kappa shape index (κ2) is 10.9. The van der Waals surface area contributed by atoms with Gasteiger partial charge in [0.05, 0.1) is 0 Å². The zero-order valence-corrected chi connectivity index (χ0v) is 14.3. The van der Waals surface area contributed by atoms with Crippen LogP contribution in [0.3, 0.4) is 0 Å². The number of aliphatic hydroxyl groups excluding tert-OH is 1. The third-order valence-electron chi connectivity index (χ3n) is 3.16. The van der Waals surface area contributed by atoms with Gasteiger partial charge in [-0.25, -0.2) is 4.79 Å². The highest BCUT2D eigenvalue weighted by Crippen LogP contribution is 2.04. The number of aliphatic hydroxyl groups is 1. The van der Waals surface area contributed by atoms with E-state index in [0.717, 1.165) is 5.56 Å². The van der Waals surface area contributed by atoms with Crippen LogP contribution < -0.4 is 5.32 Å². The normalized spacial score (nSPS) is 11.6. The lowest BCUT2D eigenvalue weighted by Gasteiger charge is -2.23. The van der Waals surface area contributed by atoms with Gasteiger partial charge in [0, 0.05) is 26.0 Å². The molecule has 0 fully saturated rings. The molecular formula is C16H24N2O4S. The largest absolute Gasteiger partial charge is 0.445 e. The number of nitrogens with one attached hydrogen (secondary N) is 1. The van der Waals surface area contributed by atoms with Crippen LogP contribution in [0, 0.1) is 0 Å². The van der Waals surface area contributed by atoms with Crippen molar-refractivity contribution in [2.45, 2.75) is 19.1 Å². The number of thioether (sulfide) groups is 1. The molecule has 1 rings (SSSR count). The summed E-state index contributed by atoms with van der Waals surface area (Å²) in [6.45, 7) is 0.630. The Labute approximate surface area is 141 Å². The number of alkyl carbamates (subject to hydrolysis) is 1. The molecule has 1 atom stereocenters. The Balaban J connectivity index is 2.50. The molecule has 0 spiro atoms. The number of hydrogen-bond donors (Lipinski definition) is 2. The zero-order valence-electron chi connectivity index (χ0n) is 13.5. The highest BCUT2D eigenvalue weighted by molar-refractivity contribution is 7.98. The van der Waals surface area contributed by atoms with E-state index in [1.54, 1.807) is 7.05 Å². The Kier molecular flexibility index (Phi) is 9.16. The van der Waals surface area contributed by atoms with Crippen LogP contribution >= 0.6 is 11.8 Å². The van der Waals surface area contributed by atoms with Gasteiger partial charge < -0.3 is 20.1 Å². The second-order valence-corrected chi connectivity index (χ2v) is 5.96. The van der Waals surface area contributed by atoms with E-state index in [0.29, 0.717) is 18.7 Å². The summed E-state index contributed by atoms with van der Waals surface area (Å²) in [6.07, 6.45) is 1.76. The molecule has 0 aliphatic carbocycles. The molecule has 23 heavy (non-hydrogen) atoms. The first kappa shape index (κ1) is 19.3. The van der Waals surface area contributed by atoms with Gasteiger partial charge in [0.2, 0.25) is 5.91 Å². The topological polar surface area (TPSA) is 78.9 Å². The van der Waals surface area contributed by atoms with Crippen LogP contribution in [0.15, 0.2) is 30.3 Å². The van der Waals surface area contributed by atoms with Crippen LogP contribution in [-0.4, -0.2) is 60.3 Å². The molecule has 2 amide bonds. The molecule has 1 aromatic rings. The van der Waals surface area contributed by atoms with Gasteiger partial charge in [-0.2, -0.15) is 11.8 Å². The van der Waals surface area contributed by atoms with E-state index in [9.17, 15) is 9.59 Å². The zero-order chi connectivity index (χ0) is 17.1. The molecule has 0 aliphatic rings. The highest BCUT2D eigenvalue weighted by atomic mass is 32.2. The predicted octanol–water partition coefficient (Wildman–Crippen LogP) is 1.49. The van der Waals surface area contributed by atoms with Gasteiger partial charge in [0.1, 0.15) is 12.6 Å². The number of amides is 2. The summed E-state index contributed by atoms with van der Waals surface area (Å²) in [7, 11) is 1.66. The van der Waals surface area contributed by atoms with Crippen molar-refractivity contribution >= 4 is 23.8 Å². The number of carbonyl (C=O) groups is 2. The molecule has 0 aliphatic heterocycles. The van der Waals surface area contributed by atoms with Crippen LogP contribution in [0.2, 0.25) is 0 Å². The van der Waals surface area contributed by atoms with Gasteiger partial charge >= 0.3 is 6.09 Å². The molecular weight excluding hydrogens is 316 g/mol. The van der Waals surface area contributed by atoms with Crippen molar-refractivity contribution in [3.63, 3.8) is 0 Å². The van der Waals surface area contributed by atoms with Crippen LogP contribution in [-0.2, 0) is 16.1 Å². The molecule has 0 radical (unpaired) electrons. The molecule has 1 unspecified atom stereocenters. The molecule has 6 nitrogen and oxygen atoms in total. The summed E-state index contributed by atoms with van der Waals surface area (Å²) in [5.74, 6) is 0.271. The molecule has 1 aromatic carbocycles. The summed E-state index contributed by atoms with van der Waals surface area (Å²) in [5.41, 5.74) is 0.885. The summed E-state index contributed by atoms with van der Waals surface area (Å²) in [4.78, 5) is 25.7. The van der Waals surface area contributed by atoms with Crippen molar-refractivity contribution in [3.8, 4) is 0 Å². The quantitative estimate of drug-likeness (QED) is 0.712. The van der Waals surface area contributed by atoms with Crippen molar-refractivity contribution in [1.82, 2.24) is 10.2 Å². The number of likely N-dealkylation sites (N-methyl/N-ethyl adjacent to an activating group) is 1. The number of hydrogen-bond acceptors (Lipinski definition) is 5. The Morgan fingerprint density at radius 2 is 2.04 bits per heavy atom. The van der Waals surface area contributed by atoms with Crippen molar-refractivity contribution in [2.75, 3.05) is 32.2 Å². The lowest BCUT2D eigenvalue weighted by atomic mass is 10.2. The third kappa shape index (κ3) is 7.38. The average molecular weight is 340 g/mol. The molecule has 2 N–H and O–H groups in total. The van der Waals surface area contributed by atoms with Crippen molar-refractivity contribution in [1.29, 1.82) is 0 Å².